The van der Waals surface area contributed by atoms with E-state index in [1.165, 1.54) is 0 Å². The number of rotatable bonds is 4. The van der Waals surface area contributed by atoms with Crippen LogP contribution in [0.1, 0.15) is 36.8 Å². The molecule has 0 aliphatic carbocycles. The molecule has 0 aliphatic heterocycles. The summed E-state index contributed by atoms with van der Waals surface area (Å²) in [5.74, 6) is -0.307. The molecule has 0 aliphatic rings. The second-order valence-corrected chi connectivity index (χ2v) is 6.69. The van der Waals surface area contributed by atoms with E-state index in [-0.39, 0.29) is 18.3 Å². The molecule has 3 aromatic rings. The number of pyridine rings is 1. The SMILES string of the molecule is Cc1cc(-c2cnc3[nH]cc(C(=O)N[C@@H](C)C(C)(C)O)c3n2)ccn1.Cl. The molecule has 0 saturated carbocycles. The Balaban J connectivity index is 0.00000243. The predicted molar refractivity (Wildman–Crippen MR) is 102 cm³/mol. The number of carbonyl (C=O) groups excluding carboxylic acids is 1. The third-order valence-corrected chi connectivity index (χ3v) is 4.23. The van der Waals surface area contributed by atoms with Crippen LogP contribution >= 0.6 is 12.4 Å². The van der Waals surface area contributed by atoms with E-state index in [2.05, 4.69) is 25.3 Å². The molecule has 138 valence electrons. The van der Waals surface area contributed by atoms with Gasteiger partial charge in [-0.25, -0.2) is 9.97 Å². The van der Waals surface area contributed by atoms with Crippen molar-refractivity contribution >= 4 is 29.5 Å². The maximum Gasteiger partial charge on any atom is 0.255 e. The lowest BCUT2D eigenvalue weighted by atomic mass is 10.0. The second kappa shape index (κ2) is 7.39. The molecule has 3 heterocycles. The molecule has 1 atom stereocenters. The molecule has 0 fully saturated rings. The summed E-state index contributed by atoms with van der Waals surface area (Å²) in [7, 11) is 0. The van der Waals surface area contributed by atoms with Crippen molar-refractivity contribution in [2.45, 2.75) is 39.3 Å². The Kier molecular flexibility index (Phi) is 5.63. The van der Waals surface area contributed by atoms with Crippen LogP contribution in [0.5, 0.6) is 0 Å². The molecule has 8 heteroatoms. The van der Waals surface area contributed by atoms with E-state index in [1.54, 1.807) is 39.4 Å². The van der Waals surface area contributed by atoms with Gasteiger partial charge in [-0.1, -0.05) is 0 Å². The Morgan fingerprint density at radius 1 is 1.35 bits per heavy atom. The number of aromatic amines is 1. The first-order valence-electron chi connectivity index (χ1n) is 8.06. The molecule has 3 N–H and O–H groups in total. The van der Waals surface area contributed by atoms with Crippen molar-refractivity contribution in [3.63, 3.8) is 0 Å². The Labute approximate surface area is 157 Å². The minimum atomic E-state index is -1.02. The van der Waals surface area contributed by atoms with Crippen molar-refractivity contribution < 1.29 is 9.90 Å². The highest BCUT2D eigenvalue weighted by Gasteiger charge is 2.25. The number of hydrogen-bond acceptors (Lipinski definition) is 5. The van der Waals surface area contributed by atoms with Crippen LogP contribution in [0.25, 0.3) is 22.4 Å². The second-order valence-electron chi connectivity index (χ2n) is 6.69. The molecule has 1 amide bonds. The molecular weight excluding hydrogens is 354 g/mol. The van der Waals surface area contributed by atoms with Gasteiger partial charge in [0.25, 0.3) is 5.91 Å². The van der Waals surface area contributed by atoms with Crippen LogP contribution in [0.15, 0.2) is 30.7 Å². The minimum absolute atomic E-state index is 0. The van der Waals surface area contributed by atoms with E-state index in [4.69, 9.17) is 0 Å². The molecule has 0 saturated heterocycles. The van der Waals surface area contributed by atoms with Crippen molar-refractivity contribution in [3.05, 3.63) is 42.0 Å². The largest absolute Gasteiger partial charge is 0.388 e. The number of H-pyrrole nitrogens is 1. The Bertz CT molecular complexity index is 933. The number of amides is 1. The third-order valence-electron chi connectivity index (χ3n) is 4.23. The van der Waals surface area contributed by atoms with Gasteiger partial charge in [0.2, 0.25) is 0 Å². The molecule has 0 aromatic carbocycles. The molecular formula is C18H22ClN5O2. The van der Waals surface area contributed by atoms with Gasteiger partial charge in [-0.3, -0.25) is 9.78 Å². The molecule has 0 spiro atoms. The maximum absolute atomic E-state index is 12.6. The molecule has 26 heavy (non-hydrogen) atoms. The number of fused-ring (bicyclic) bond motifs is 1. The number of nitrogens with zero attached hydrogens (tertiary/aromatic N) is 3. The fourth-order valence-corrected chi connectivity index (χ4v) is 2.36. The molecule has 0 bridgehead atoms. The standard InChI is InChI=1S/C18H21N5O2.ClH/c1-10-7-12(5-6-19-10)14-9-21-16-15(23-14)13(8-20-16)17(24)22-11(2)18(3,4)25;/h5-9,11,25H,1-4H3,(H,20,21)(H,22,24);1H/t11-;/m0./s1. The van der Waals surface area contributed by atoms with E-state index in [9.17, 15) is 9.90 Å². The normalized spacial score (nSPS) is 12.5. The highest BCUT2D eigenvalue weighted by Crippen LogP contribution is 2.21. The zero-order chi connectivity index (χ0) is 18.2. The van der Waals surface area contributed by atoms with Crippen molar-refractivity contribution in [1.82, 2.24) is 25.3 Å². The fraction of sp³-hybridized carbons (Fsp3) is 0.333. The lowest BCUT2D eigenvalue weighted by Crippen LogP contribution is -2.47. The Hall–Kier alpha value is -2.51. The van der Waals surface area contributed by atoms with Gasteiger partial charge in [0.05, 0.1) is 29.1 Å². The Morgan fingerprint density at radius 2 is 2.08 bits per heavy atom. The molecule has 3 aromatic heterocycles. The summed E-state index contributed by atoms with van der Waals surface area (Å²) in [6.45, 7) is 6.96. The summed E-state index contributed by atoms with van der Waals surface area (Å²) in [6, 6.07) is 3.36. The maximum atomic E-state index is 12.6. The summed E-state index contributed by atoms with van der Waals surface area (Å²) in [5.41, 5.74) is 2.84. The lowest BCUT2D eigenvalue weighted by molar-refractivity contribution is 0.0409. The predicted octanol–water partition coefficient (Wildman–Crippen LogP) is 2.64. The smallest absolute Gasteiger partial charge is 0.255 e. The van der Waals surface area contributed by atoms with Crippen molar-refractivity contribution in [2.75, 3.05) is 0 Å². The van der Waals surface area contributed by atoms with Crippen molar-refractivity contribution in [1.29, 1.82) is 0 Å². The zero-order valence-corrected chi connectivity index (χ0v) is 15.9. The van der Waals surface area contributed by atoms with E-state index < -0.39 is 11.6 Å². The Morgan fingerprint density at radius 3 is 2.73 bits per heavy atom. The van der Waals surface area contributed by atoms with E-state index >= 15 is 0 Å². The minimum Gasteiger partial charge on any atom is -0.388 e. The van der Waals surface area contributed by atoms with E-state index in [0.717, 1.165) is 11.3 Å². The summed E-state index contributed by atoms with van der Waals surface area (Å²) < 4.78 is 0. The van der Waals surface area contributed by atoms with Crippen LogP contribution in [-0.2, 0) is 0 Å². The van der Waals surface area contributed by atoms with Crippen LogP contribution < -0.4 is 5.32 Å². The molecule has 7 nitrogen and oxygen atoms in total. The average molecular weight is 376 g/mol. The van der Waals surface area contributed by atoms with Gasteiger partial charge in [-0.2, -0.15) is 0 Å². The van der Waals surface area contributed by atoms with E-state index in [1.807, 2.05) is 19.1 Å². The first-order valence-corrected chi connectivity index (χ1v) is 8.06. The monoisotopic (exact) mass is 375 g/mol. The number of aryl methyl sites for hydroxylation is 1. The molecule has 0 unspecified atom stereocenters. The van der Waals surface area contributed by atoms with Gasteiger partial charge in [0.1, 0.15) is 5.52 Å². The highest BCUT2D eigenvalue weighted by molar-refractivity contribution is 6.04. The van der Waals surface area contributed by atoms with Crippen LogP contribution in [0.4, 0.5) is 0 Å². The fourth-order valence-electron chi connectivity index (χ4n) is 2.36. The van der Waals surface area contributed by atoms with Gasteiger partial charge >= 0.3 is 0 Å². The average Bonchev–Trinajstić information content (AvgIpc) is 2.97. The number of nitrogens with one attached hydrogen (secondary N) is 2. The van der Waals surface area contributed by atoms with Gasteiger partial charge in [-0.05, 0) is 39.8 Å². The number of aliphatic hydroxyl groups is 1. The summed E-state index contributed by atoms with van der Waals surface area (Å²) >= 11 is 0. The zero-order valence-electron chi connectivity index (χ0n) is 15.1. The number of carbonyl (C=O) groups is 1. The quantitative estimate of drug-likeness (QED) is 0.650. The van der Waals surface area contributed by atoms with Crippen LogP contribution in [0, 0.1) is 6.92 Å². The van der Waals surface area contributed by atoms with Crippen molar-refractivity contribution in [3.8, 4) is 11.3 Å². The van der Waals surface area contributed by atoms with Gasteiger partial charge in [0.15, 0.2) is 5.65 Å². The first-order chi connectivity index (χ1) is 11.8. The number of hydrogen-bond donors (Lipinski definition) is 3. The van der Waals surface area contributed by atoms with Crippen LogP contribution in [0.3, 0.4) is 0 Å². The summed E-state index contributed by atoms with van der Waals surface area (Å²) in [6.07, 6.45) is 4.96. The molecule has 3 rings (SSSR count). The number of halogens is 1. The third kappa shape index (κ3) is 4.00. The van der Waals surface area contributed by atoms with E-state index in [0.29, 0.717) is 22.4 Å². The summed E-state index contributed by atoms with van der Waals surface area (Å²) in [5, 5.41) is 12.8. The summed E-state index contributed by atoms with van der Waals surface area (Å²) in [4.78, 5) is 28.6. The van der Waals surface area contributed by atoms with Gasteiger partial charge < -0.3 is 15.4 Å². The van der Waals surface area contributed by atoms with Gasteiger partial charge in [-0.15, -0.1) is 12.4 Å². The van der Waals surface area contributed by atoms with Crippen LogP contribution in [0.2, 0.25) is 0 Å². The van der Waals surface area contributed by atoms with Gasteiger partial charge in [0, 0.05) is 23.7 Å². The van der Waals surface area contributed by atoms with Crippen LogP contribution in [-0.4, -0.2) is 42.6 Å². The first kappa shape index (κ1) is 19.8. The van der Waals surface area contributed by atoms with Crippen molar-refractivity contribution in [2.24, 2.45) is 0 Å². The topological polar surface area (TPSA) is 104 Å². The highest BCUT2D eigenvalue weighted by atomic mass is 35.5. The lowest BCUT2D eigenvalue weighted by Gasteiger charge is -2.26. The molecule has 0 radical (unpaired) electrons. The number of aromatic nitrogens is 4.